The maximum Gasteiger partial charge on any atom is 0.258 e. The molecule has 0 unspecified atom stereocenters. The second-order valence-corrected chi connectivity index (χ2v) is 4.60. The lowest BCUT2D eigenvalue weighted by Crippen LogP contribution is -2.48. The molecule has 0 atom stereocenters. The van der Waals surface area contributed by atoms with Crippen molar-refractivity contribution in [2.45, 2.75) is 0 Å². The largest absolute Gasteiger partial charge is 0.457 e. The van der Waals surface area contributed by atoms with E-state index < -0.39 is 0 Å². The topological polar surface area (TPSA) is 36.7 Å². The number of rotatable bonds is 2. The molecule has 2 heterocycles. The number of piperazine rings is 1. The predicted octanol–water partition coefficient (Wildman–Crippen LogP) is 1.43. The minimum atomic E-state index is 0.00554. The summed E-state index contributed by atoms with van der Waals surface area (Å²) < 4.78 is 5.56. The number of hydrogen-bond acceptors (Lipinski definition) is 3. The quantitative estimate of drug-likeness (QED) is 0.775. The summed E-state index contributed by atoms with van der Waals surface area (Å²) in [5, 5.41) is 0. The SMILES string of the molecule is C#CCN1CCN(C(=O)c2ccoc2Br)CC1. The number of furan rings is 1. The summed E-state index contributed by atoms with van der Waals surface area (Å²) >= 11 is 3.22. The molecule has 5 heteroatoms. The summed E-state index contributed by atoms with van der Waals surface area (Å²) in [5.74, 6) is 2.62. The Labute approximate surface area is 109 Å². The van der Waals surface area contributed by atoms with Gasteiger partial charge in [-0.15, -0.1) is 6.42 Å². The van der Waals surface area contributed by atoms with Gasteiger partial charge in [0.25, 0.3) is 5.91 Å². The van der Waals surface area contributed by atoms with Crippen molar-refractivity contribution in [1.82, 2.24) is 9.80 Å². The lowest BCUT2D eigenvalue weighted by Gasteiger charge is -2.33. The van der Waals surface area contributed by atoms with Gasteiger partial charge in [-0.05, 0) is 22.0 Å². The van der Waals surface area contributed by atoms with E-state index in [-0.39, 0.29) is 5.91 Å². The number of halogens is 1. The number of carbonyl (C=O) groups excluding carboxylic acids is 1. The monoisotopic (exact) mass is 296 g/mol. The van der Waals surface area contributed by atoms with E-state index in [4.69, 9.17) is 10.8 Å². The zero-order valence-corrected chi connectivity index (χ0v) is 10.9. The molecule has 4 nitrogen and oxygen atoms in total. The molecule has 1 saturated heterocycles. The molecule has 0 aromatic carbocycles. The third-order valence-electron chi connectivity index (χ3n) is 2.82. The molecule has 90 valence electrons. The highest BCUT2D eigenvalue weighted by Gasteiger charge is 2.23. The number of nitrogens with zero attached hydrogens (tertiary/aromatic N) is 2. The Bertz CT molecular complexity index is 442. The van der Waals surface area contributed by atoms with Crippen molar-refractivity contribution >= 4 is 21.8 Å². The third-order valence-corrected chi connectivity index (χ3v) is 3.44. The Balaban J connectivity index is 1.96. The molecule has 0 saturated carbocycles. The smallest absolute Gasteiger partial charge is 0.258 e. The van der Waals surface area contributed by atoms with E-state index >= 15 is 0 Å². The number of carbonyl (C=O) groups is 1. The van der Waals surface area contributed by atoms with E-state index in [9.17, 15) is 4.79 Å². The molecule has 1 fully saturated rings. The Hall–Kier alpha value is -1.25. The standard InChI is InChI=1S/C12H13BrN2O2/c1-2-4-14-5-7-15(8-6-14)12(16)10-3-9-17-11(10)13/h1,3,9H,4-8H2. The van der Waals surface area contributed by atoms with Crippen molar-refractivity contribution in [2.24, 2.45) is 0 Å². The molecule has 2 rings (SSSR count). The van der Waals surface area contributed by atoms with Gasteiger partial charge in [-0.1, -0.05) is 5.92 Å². The normalized spacial score (nSPS) is 16.8. The van der Waals surface area contributed by atoms with Gasteiger partial charge in [0, 0.05) is 26.2 Å². The second kappa shape index (κ2) is 5.39. The summed E-state index contributed by atoms with van der Waals surface area (Å²) in [5.41, 5.74) is 0.579. The van der Waals surface area contributed by atoms with Crippen molar-refractivity contribution in [3.63, 3.8) is 0 Å². The van der Waals surface area contributed by atoms with E-state index in [0.717, 1.165) is 13.1 Å². The summed E-state index contributed by atoms with van der Waals surface area (Å²) in [7, 11) is 0. The summed E-state index contributed by atoms with van der Waals surface area (Å²) in [6, 6.07) is 1.68. The highest BCUT2D eigenvalue weighted by atomic mass is 79.9. The Kier molecular flexibility index (Phi) is 3.87. The average Bonchev–Trinajstić information content (AvgIpc) is 2.76. The van der Waals surface area contributed by atoms with Crippen LogP contribution in [0.2, 0.25) is 0 Å². The molecule has 1 aromatic heterocycles. The predicted molar refractivity (Wildman–Crippen MR) is 67.6 cm³/mol. The van der Waals surface area contributed by atoms with Gasteiger partial charge >= 0.3 is 0 Å². The first-order chi connectivity index (χ1) is 8.22. The average molecular weight is 297 g/mol. The zero-order chi connectivity index (χ0) is 12.3. The van der Waals surface area contributed by atoms with E-state index in [1.54, 1.807) is 6.07 Å². The minimum absolute atomic E-state index is 0.00554. The summed E-state index contributed by atoms with van der Waals surface area (Å²) in [4.78, 5) is 16.1. The zero-order valence-electron chi connectivity index (χ0n) is 9.36. The number of terminal acetylenes is 1. The lowest BCUT2D eigenvalue weighted by molar-refractivity contribution is 0.0650. The molecule has 1 aliphatic heterocycles. The van der Waals surface area contributed by atoms with Gasteiger partial charge in [-0.2, -0.15) is 0 Å². The number of hydrogen-bond donors (Lipinski definition) is 0. The van der Waals surface area contributed by atoms with Crippen LogP contribution in [0.15, 0.2) is 21.4 Å². The van der Waals surface area contributed by atoms with Gasteiger partial charge in [0.1, 0.15) is 0 Å². The summed E-state index contributed by atoms with van der Waals surface area (Å²) in [6.07, 6.45) is 6.77. The van der Waals surface area contributed by atoms with Crippen LogP contribution in [0.4, 0.5) is 0 Å². The molecule has 1 amide bonds. The van der Waals surface area contributed by atoms with Crippen LogP contribution in [-0.4, -0.2) is 48.4 Å². The molecule has 0 N–H and O–H groups in total. The van der Waals surface area contributed by atoms with Gasteiger partial charge in [0.05, 0.1) is 18.4 Å². The van der Waals surface area contributed by atoms with Crippen LogP contribution in [0, 0.1) is 12.3 Å². The molecule has 0 spiro atoms. The van der Waals surface area contributed by atoms with Crippen LogP contribution in [-0.2, 0) is 0 Å². The Morgan fingerprint density at radius 1 is 1.47 bits per heavy atom. The van der Waals surface area contributed by atoms with Crippen molar-refractivity contribution < 1.29 is 9.21 Å². The van der Waals surface area contributed by atoms with Gasteiger partial charge in [0.15, 0.2) is 4.67 Å². The fourth-order valence-corrected chi connectivity index (χ4v) is 2.26. The fraction of sp³-hybridized carbons (Fsp3) is 0.417. The highest BCUT2D eigenvalue weighted by Crippen LogP contribution is 2.20. The maximum absolute atomic E-state index is 12.1. The molecule has 1 aliphatic rings. The van der Waals surface area contributed by atoms with Crippen LogP contribution < -0.4 is 0 Å². The summed E-state index contributed by atoms with van der Waals surface area (Å²) in [6.45, 7) is 3.71. The van der Waals surface area contributed by atoms with Crippen molar-refractivity contribution in [3.8, 4) is 12.3 Å². The van der Waals surface area contributed by atoms with Crippen LogP contribution in [0.3, 0.4) is 0 Å². The van der Waals surface area contributed by atoms with Gasteiger partial charge < -0.3 is 9.32 Å². The first kappa shape index (κ1) is 12.2. The van der Waals surface area contributed by atoms with E-state index in [2.05, 4.69) is 26.8 Å². The molecule has 0 bridgehead atoms. The maximum atomic E-state index is 12.1. The second-order valence-electron chi connectivity index (χ2n) is 3.88. The van der Waals surface area contributed by atoms with Crippen molar-refractivity contribution in [2.75, 3.05) is 32.7 Å². The van der Waals surface area contributed by atoms with Crippen LogP contribution >= 0.6 is 15.9 Å². The molecule has 1 aromatic rings. The Morgan fingerprint density at radius 3 is 2.71 bits per heavy atom. The first-order valence-corrected chi connectivity index (χ1v) is 6.19. The van der Waals surface area contributed by atoms with Crippen LogP contribution in [0.25, 0.3) is 0 Å². The fourth-order valence-electron chi connectivity index (χ4n) is 1.85. The minimum Gasteiger partial charge on any atom is -0.457 e. The first-order valence-electron chi connectivity index (χ1n) is 5.40. The van der Waals surface area contributed by atoms with Gasteiger partial charge in [-0.3, -0.25) is 9.69 Å². The van der Waals surface area contributed by atoms with Crippen LogP contribution in [0.1, 0.15) is 10.4 Å². The van der Waals surface area contributed by atoms with Crippen molar-refractivity contribution in [3.05, 3.63) is 22.6 Å². The lowest BCUT2D eigenvalue weighted by atomic mass is 10.2. The van der Waals surface area contributed by atoms with Crippen molar-refractivity contribution in [1.29, 1.82) is 0 Å². The third kappa shape index (κ3) is 2.71. The van der Waals surface area contributed by atoms with E-state index in [1.165, 1.54) is 6.26 Å². The highest BCUT2D eigenvalue weighted by molar-refractivity contribution is 9.10. The van der Waals surface area contributed by atoms with Gasteiger partial charge in [-0.25, -0.2) is 0 Å². The molecule has 0 aliphatic carbocycles. The van der Waals surface area contributed by atoms with E-state index in [0.29, 0.717) is 29.9 Å². The molecule has 0 radical (unpaired) electrons. The van der Waals surface area contributed by atoms with Gasteiger partial charge in [0.2, 0.25) is 0 Å². The Morgan fingerprint density at radius 2 is 2.18 bits per heavy atom. The number of amides is 1. The molecule has 17 heavy (non-hydrogen) atoms. The van der Waals surface area contributed by atoms with E-state index in [1.807, 2.05) is 4.90 Å². The van der Waals surface area contributed by atoms with Crippen LogP contribution in [0.5, 0.6) is 0 Å². The molecular formula is C12H13BrN2O2. The molecular weight excluding hydrogens is 284 g/mol.